The highest BCUT2D eigenvalue weighted by atomic mass is 16.5. The van der Waals surface area contributed by atoms with Gasteiger partial charge in [0.15, 0.2) is 0 Å². The second-order valence-electron chi connectivity index (χ2n) is 6.26. The topological polar surface area (TPSA) is 39.1 Å². The zero-order valence-electron chi connectivity index (χ0n) is 13.5. The lowest BCUT2D eigenvalue weighted by Gasteiger charge is -2.25. The molecule has 0 aliphatic carbocycles. The smallest absolute Gasteiger partial charge is 0.118 e. The van der Waals surface area contributed by atoms with Crippen molar-refractivity contribution >= 4 is 0 Å². The molecule has 2 aromatic rings. The Bertz CT molecular complexity index is 591. The van der Waals surface area contributed by atoms with E-state index in [4.69, 9.17) is 4.74 Å². The third-order valence-corrected chi connectivity index (χ3v) is 4.49. The summed E-state index contributed by atoms with van der Waals surface area (Å²) in [5.41, 5.74) is 1.35. The summed E-state index contributed by atoms with van der Waals surface area (Å²) in [5.74, 6) is 2.87. The molecule has 1 N–H and O–H groups in total. The molecule has 1 aliphatic rings. The first-order chi connectivity index (χ1) is 10.7. The number of nitrogens with one attached hydrogen (secondary N) is 1. The van der Waals surface area contributed by atoms with Gasteiger partial charge in [-0.2, -0.15) is 0 Å². The minimum atomic E-state index is 0.484. The number of aryl methyl sites for hydroxylation is 1. The van der Waals surface area contributed by atoms with Crippen molar-refractivity contribution in [3.63, 3.8) is 0 Å². The lowest BCUT2D eigenvalue weighted by molar-refractivity contribution is 0.334. The number of aromatic nitrogens is 2. The van der Waals surface area contributed by atoms with Crippen molar-refractivity contribution in [3.8, 4) is 5.75 Å². The largest absolute Gasteiger partial charge is 0.497 e. The van der Waals surface area contributed by atoms with Crippen molar-refractivity contribution < 1.29 is 4.74 Å². The van der Waals surface area contributed by atoms with Gasteiger partial charge in [-0.05, 0) is 49.9 Å². The average Bonchev–Trinajstić information content (AvgIpc) is 3.01. The van der Waals surface area contributed by atoms with Gasteiger partial charge in [-0.15, -0.1) is 0 Å². The monoisotopic (exact) mass is 299 g/mol. The van der Waals surface area contributed by atoms with Crippen molar-refractivity contribution in [2.24, 2.45) is 5.92 Å². The lowest BCUT2D eigenvalue weighted by Crippen LogP contribution is -2.36. The van der Waals surface area contributed by atoms with Gasteiger partial charge in [-0.1, -0.05) is 12.1 Å². The molecule has 0 saturated carbocycles. The minimum Gasteiger partial charge on any atom is -0.497 e. The van der Waals surface area contributed by atoms with Crippen LogP contribution < -0.4 is 10.1 Å². The second-order valence-corrected chi connectivity index (χ2v) is 6.26. The van der Waals surface area contributed by atoms with Crippen molar-refractivity contribution in [1.82, 2.24) is 14.9 Å². The van der Waals surface area contributed by atoms with E-state index in [0.29, 0.717) is 12.0 Å². The van der Waals surface area contributed by atoms with E-state index in [0.717, 1.165) is 31.7 Å². The van der Waals surface area contributed by atoms with E-state index in [1.54, 1.807) is 7.11 Å². The molecule has 2 heterocycles. The summed E-state index contributed by atoms with van der Waals surface area (Å²) >= 11 is 0. The summed E-state index contributed by atoms with van der Waals surface area (Å²) in [4.78, 5) is 4.39. The number of benzene rings is 1. The summed E-state index contributed by atoms with van der Waals surface area (Å²) in [7, 11) is 1.70. The van der Waals surface area contributed by atoms with Crippen molar-refractivity contribution in [2.75, 3.05) is 13.7 Å². The number of methoxy groups -OCH3 is 1. The molecule has 0 unspecified atom stereocenters. The van der Waals surface area contributed by atoms with Crippen molar-refractivity contribution in [3.05, 3.63) is 48.0 Å². The maximum absolute atomic E-state index is 5.20. The highest BCUT2D eigenvalue weighted by Crippen LogP contribution is 2.18. The molecule has 22 heavy (non-hydrogen) atoms. The summed E-state index contributed by atoms with van der Waals surface area (Å²) in [6, 6.07) is 8.84. The first kappa shape index (κ1) is 15.1. The number of nitrogens with zero attached hydrogens (tertiary/aromatic N) is 2. The summed E-state index contributed by atoms with van der Waals surface area (Å²) in [6.45, 7) is 4.43. The normalized spacial score (nSPS) is 18.7. The van der Waals surface area contributed by atoms with Gasteiger partial charge in [-0.3, -0.25) is 0 Å². The predicted octanol–water partition coefficient (Wildman–Crippen LogP) is 2.67. The van der Waals surface area contributed by atoms with Gasteiger partial charge in [-0.25, -0.2) is 4.98 Å². The Morgan fingerprint density at radius 3 is 2.95 bits per heavy atom. The third-order valence-electron chi connectivity index (χ3n) is 4.49. The van der Waals surface area contributed by atoms with Crippen LogP contribution in [0.5, 0.6) is 5.75 Å². The van der Waals surface area contributed by atoms with E-state index in [1.165, 1.54) is 17.8 Å². The fourth-order valence-corrected chi connectivity index (χ4v) is 3.16. The molecule has 1 aliphatic heterocycles. The Hall–Kier alpha value is -1.81. The summed E-state index contributed by atoms with van der Waals surface area (Å²) in [5, 5.41) is 3.69. The number of fused-ring (bicyclic) bond motifs is 1. The fourth-order valence-electron chi connectivity index (χ4n) is 3.16. The molecule has 0 amide bonds. The zero-order chi connectivity index (χ0) is 15.4. The van der Waals surface area contributed by atoms with Crippen LogP contribution in [0.3, 0.4) is 0 Å². The van der Waals surface area contributed by atoms with Crippen LogP contribution in [0.1, 0.15) is 24.7 Å². The van der Waals surface area contributed by atoms with Crippen LogP contribution in [0.2, 0.25) is 0 Å². The van der Waals surface area contributed by atoms with E-state index in [2.05, 4.69) is 40.1 Å². The molecule has 0 radical (unpaired) electrons. The Balaban J connectivity index is 1.45. The van der Waals surface area contributed by atoms with Gasteiger partial charge in [0.05, 0.1) is 7.11 Å². The third kappa shape index (κ3) is 3.69. The van der Waals surface area contributed by atoms with Crippen LogP contribution in [-0.2, 0) is 19.4 Å². The number of hydrogen-bond donors (Lipinski definition) is 1. The van der Waals surface area contributed by atoms with Crippen LogP contribution >= 0.6 is 0 Å². The quantitative estimate of drug-likeness (QED) is 0.891. The number of rotatable bonds is 6. The van der Waals surface area contributed by atoms with E-state index in [9.17, 15) is 0 Å². The molecule has 0 spiro atoms. The first-order valence-electron chi connectivity index (χ1n) is 8.11. The van der Waals surface area contributed by atoms with E-state index in [1.807, 2.05) is 18.3 Å². The molecule has 118 valence electrons. The Kier molecular flexibility index (Phi) is 4.78. The van der Waals surface area contributed by atoms with Crippen molar-refractivity contribution in [2.45, 2.75) is 38.8 Å². The number of imidazole rings is 1. The SMILES string of the molecule is COc1ccc(C[C@@H](C)NC[C@H]2CCc3nccn3C2)cc1. The molecule has 0 fully saturated rings. The summed E-state index contributed by atoms with van der Waals surface area (Å²) < 4.78 is 7.50. The molecule has 4 heteroatoms. The predicted molar refractivity (Wildman–Crippen MR) is 88.2 cm³/mol. The van der Waals surface area contributed by atoms with Crippen LogP contribution in [0.4, 0.5) is 0 Å². The molecule has 1 aromatic heterocycles. The molecule has 1 aromatic carbocycles. The average molecular weight is 299 g/mol. The first-order valence-corrected chi connectivity index (χ1v) is 8.11. The van der Waals surface area contributed by atoms with Gasteiger partial charge in [0.2, 0.25) is 0 Å². The molecule has 0 saturated heterocycles. The maximum Gasteiger partial charge on any atom is 0.118 e. The standard InChI is InChI=1S/C18H25N3O/c1-14(11-15-3-6-17(22-2)7-4-15)20-12-16-5-8-18-19-9-10-21(18)13-16/h3-4,6-7,9-10,14,16,20H,5,8,11-13H2,1-2H3/t14-,16-/m1/s1. The molecule has 3 rings (SSSR count). The molecule has 4 nitrogen and oxygen atoms in total. The second kappa shape index (κ2) is 6.97. The van der Waals surface area contributed by atoms with Crippen LogP contribution in [0.25, 0.3) is 0 Å². The minimum absolute atomic E-state index is 0.484. The van der Waals surface area contributed by atoms with Gasteiger partial charge in [0, 0.05) is 31.4 Å². The van der Waals surface area contributed by atoms with Crippen LogP contribution in [0.15, 0.2) is 36.7 Å². The Labute approximate surface area is 132 Å². The van der Waals surface area contributed by atoms with E-state index < -0.39 is 0 Å². The molecular weight excluding hydrogens is 274 g/mol. The lowest BCUT2D eigenvalue weighted by atomic mass is 9.98. The van der Waals surface area contributed by atoms with Gasteiger partial charge in [0.25, 0.3) is 0 Å². The van der Waals surface area contributed by atoms with E-state index >= 15 is 0 Å². The number of ether oxygens (including phenoxy) is 1. The summed E-state index contributed by atoms with van der Waals surface area (Å²) in [6.07, 6.45) is 7.40. The van der Waals surface area contributed by atoms with Crippen LogP contribution in [-0.4, -0.2) is 29.2 Å². The Morgan fingerprint density at radius 1 is 1.36 bits per heavy atom. The maximum atomic E-state index is 5.20. The van der Waals surface area contributed by atoms with Gasteiger partial charge in [0.1, 0.15) is 11.6 Å². The fraction of sp³-hybridized carbons (Fsp3) is 0.500. The molecular formula is C18H25N3O. The molecule has 2 atom stereocenters. The Morgan fingerprint density at radius 2 is 2.18 bits per heavy atom. The van der Waals surface area contributed by atoms with Crippen LogP contribution in [0, 0.1) is 5.92 Å². The van der Waals surface area contributed by atoms with Gasteiger partial charge >= 0.3 is 0 Å². The number of hydrogen-bond acceptors (Lipinski definition) is 3. The highest BCUT2D eigenvalue weighted by molar-refractivity contribution is 5.27. The van der Waals surface area contributed by atoms with Gasteiger partial charge < -0.3 is 14.6 Å². The highest BCUT2D eigenvalue weighted by Gasteiger charge is 2.19. The van der Waals surface area contributed by atoms with Crippen molar-refractivity contribution in [1.29, 1.82) is 0 Å². The zero-order valence-corrected chi connectivity index (χ0v) is 13.5. The molecule has 0 bridgehead atoms. The van der Waals surface area contributed by atoms with E-state index in [-0.39, 0.29) is 0 Å².